The van der Waals surface area contributed by atoms with Crippen LogP contribution in [0.2, 0.25) is 0 Å². The highest BCUT2D eigenvalue weighted by atomic mass is 19.1. The van der Waals surface area contributed by atoms with E-state index >= 15 is 0 Å². The third kappa shape index (κ3) is 4.77. The van der Waals surface area contributed by atoms with Crippen molar-refractivity contribution in [3.05, 3.63) is 42.0 Å². The van der Waals surface area contributed by atoms with Crippen molar-refractivity contribution < 1.29 is 9.13 Å². The lowest BCUT2D eigenvalue weighted by Crippen LogP contribution is -1.94. The van der Waals surface area contributed by atoms with E-state index in [4.69, 9.17) is 4.74 Å². The average Bonchev–Trinajstić information content (AvgIpc) is 2.25. The first kappa shape index (κ1) is 10.9. The minimum absolute atomic E-state index is 0.303. The van der Waals surface area contributed by atoms with Gasteiger partial charge in [-0.1, -0.05) is 42.5 Å². The van der Waals surface area contributed by atoms with Crippen molar-refractivity contribution in [2.75, 3.05) is 19.9 Å². The summed E-state index contributed by atoms with van der Waals surface area (Å²) in [6, 6.07) is 10.0. The van der Waals surface area contributed by atoms with E-state index in [-0.39, 0.29) is 6.67 Å². The van der Waals surface area contributed by atoms with Gasteiger partial charge < -0.3 is 4.74 Å². The van der Waals surface area contributed by atoms with Gasteiger partial charge in [0, 0.05) is 6.61 Å². The number of alkyl halides is 1. The van der Waals surface area contributed by atoms with E-state index in [9.17, 15) is 4.39 Å². The molecule has 0 radical (unpaired) electrons. The lowest BCUT2D eigenvalue weighted by Gasteiger charge is -1.97. The topological polar surface area (TPSA) is 9.23 Å². The number of rotatable bonds is 6. The van der Waals surface area contributed by atoms with Crippen LogP contribution in [0.25, 0.3) is 6.08 Å². The molecule has 0 heterocycles. The quantitative estimate of drug-likeness (QED) is 0.632. The first-order valence-electron chi connectivity index (χ1n) is 4.79. The Bertz CT molecular complexity index is 256. The van der Waals surface area contributed by atoms with Crippen LogP contribution < -0.4 is 0 Å². The molecular weight excluding hydrogens is 179 g/mol. The normalized spacial score (nSPS) is 10.9. The second kappa shape index (κ2) is 7.27. The zero-order valence-electron chi connectivity index (χ0n) is 8.16. The first-order chi connectivity index (χ1) is 6.93. The van der Waals surface area contributed by atoms with Crippen molar-refractivity contribution in [1.29, 1.82) is 0 Å². The Kier molecular flexibility index (Phi) is 5.68. The van der Waals surface area contributed by atoms with E-state index in [1.165, 1.54) is 0 Å². The zero-order valence-corrected chi connectivity index (χ0v) is 8.16. The number of hydrogen-bond acceptors (Lipinski definition) is 1. The number of ether oxygens (including phenoxy) is 1. The Morgan fingerprint density at radius 1 is 1.21 bits per heavy atom. The second-order valence-corrected chi connectivity index (χ2v) is 2.93. The number of benzene rings is 1. The summed E-state index contributed by atoms with van der Waals surface area (Å²) in [6.45, 7) is 0.743. The summed E-state index contributed by atoms with van der Waals surface area (Å²) in [5.41, 5.74) is 1.15. The van der Waals surface area contributed by atoms with Crippen molar-refractivity contribution in [3.8, 4) is 0 Å². The molecule has 14 heavy (non-hydrogen) atoms. The molecule has 1 nitrogen and oxygen atoms in total. The molecule has 0 unspecified atom stereocenters. The lowest BCUT2D eigenvalue weighted by atomic mass is 10.2. The molecule has 0 aromatic heterocycles. The molecule has 0 aliphatic heterocycles. The largest absolute Gasteiger partial charge is 0.377 e. The molecule has 0 atom stereocenters. The van der Waals surface area contributed by atoms with Crippen LogP contribution in [-0.4, -0.2) is 19.9 Å². The SMILES string of the molecule is FCCCOC/C=C/c1ccccc1. The molecule has 0 saturated carbocycles. The van der Waals surface area contributed by atoms with Crippen molar-refractivity contribution in [2.45, 2.75) is 6.42 Å². The summed E-state index contributed by atoms with van der Waals surface area (Å²) in [4.78, 5) is 0. The maximum atomic E-state index is 11.7. The summed E-state index contributed by atoms with van der Waals surface area (Å²) < 4.78 is 16.8. The van der Waals surface area contributed by atoms with Crippen LogP contribution in [0.3, 0.4) is 0 Å². The van der Waals surface area contributed by atoms with Gasteiger partial charge in [-0.15, -0.1) is 0 Å². The zero-order chi connectivity index (χ0) is 10.1. The molecule has 1 rings (SSSR count). The Hall–Kier alpha value is -1.15. The van der Waals surface area contributed by atoms with E-state index in [0.29, 0.717) is 19.6 Å². The van der Waals surface area contributed by atoms with Gasteiger partial charge in [-0.2, -0.15) is 0 Å². The van der Waals surface area contributed by atoms with E-state index in [2.05, 4.69) is 0 Å². The van der Waals surface area contributed by atoms with Gasteiger partial charge in [0.2, 0.25) is 0 Å². The highest BCUT2D eigenvalue weighted by molar-refractivity contribution is 5.48. The van der Waals surface area contributed by atoms with Crippen LogP contribution in [0, 0.1) is 0 Å². The molecule has 0 saturated heterocycles. The monoisotopic (exact) mass is 194 g/mol. The molecule has 0 spiro atoms. The minimum Gasteiger partial charge on any atom is -0.377 e. The van der Waals surface area contributed by atoms with Crippen LogP contribution in [0.5, 0.6) is 0 Å². The Labute approximate surface area is 84.2 Å². The van der Waals surface area contributed by atoms with Gasteiger partial charge in [-0.3, -0.25) is 4.39 Å². The molecule has 2 heteroatoms. The molecule has 0 N–H and O–H groups in total. The maximum Gasteiger partial charge on any atom is 0.0916 e. The molecule has 0 bridgehead atoms. The predicted octanol–water partition coefficient (Wildman–Crippen LogP) is 3.08. The van der Waals surface area contributed by atoms with Gasteiger partial charge in [0.05, 0.1) is 13.3 Å². The molecule has 0 aliphatic carbocycles. The molecule has 76 valence electrons. The molecule has 0 aliphatic rings. The van der Waals surface area contributed by atoms with Crippen molar-refractivity contribution >= 4 is 6.08 Å². The van der Waals surface area contributed by atoms with Gasteiger partial charge in [0.1, 0.15) is 0 Å². The van der Waals surface area contributed by atoms with Crippen molar-refractivity contribution in [2.24, 2.45) is 0 Å². The molecule has 1 aromatic carbocycles. The summed E-state index contributed by atoms with van der Waals surface area (Å²) >= 11 is 0. The summed E-state index contributed by atoms with van der Waals surface area (Å²) in [6.07, 6.45) is 4.42. The van der Waals surface area contributed by atoms with Gasteiger partial charge in [0.25, 0.3) is 0 Å². The number of hydrogen-bond donors (Lipinski definition) is 0. The van der Waals surface area contributed by atoms with Crippen LogP contribution >= 0.6 is 0 Å². The third-order valence-electron chi connectivity index (χ3n) is 1.75. The average molecular weight is 194 g/mol. The summed E-state index contributed by atoms with van der Waals surface area (Å²) in [7, 11) is 0. The van der Waals surface area contributed by atoms with Crippen LogP contribution in [-0.2, 0) is 4.74 Å². The Morgan fingerprint density at radius 3 is 2.71 bits per heavy atom. The lowest BCUT2D eigenvalue weighted by molar-refractivity contribution is 0.153. The van der Waals surface area contributed by atoms with Crippen molar-refractivity contribution in [1.82, 2.24) is 0 Å². The van der Waals surface area contributed by atoms with E-state index in [0.717, 1.165) is 5.56 Å². The van der Waals surface area contributed by atoms with E-state index < -0.39 is 0 Å². The van der Waals surface area contributed by atoms with Gasteiger partial charge in [-0.25, -0.2) is 0 Å². The van der Waals surface area contributed by atoms with E-state index in [1.807, 2.05) is 42.5 Å². The minimum atomic E-state index is -0.303. The highest BCUT2D eigenvalue weighted by Crippen LogP contribution is 2.00. The Balaban J connectivity index is 2.15. The van der Waals surface area contributed by atoms with Gasteiger partial charge >= 0.3 is 0 Å². The van der Waals surface area contributed by atoms with Crippen molar-refractivity contribution in [3.63, 3.8) is 0 Å². The fraction of sp³-hybridized carbons (Fsp3) is 0.333. The first-order valence-corrected chi connectivity index (χ1v) is 4.79. The van der Waals surface area contributed by atoms with E-state index in [1.54, 1.807) is 0 Å². The fourth-order valence-corrected chi connectivity index (χ4v) is 1.06. The molecular formula is C12H15FO. The fourth-order valence-electron chi connectivity index (χ4n) is 1.06. The third-order valence-corrected chi connectivity index (χ3v) is 1.75. The molecule has 1 aromatic rings. The van der Waals surface area contributed by atoms with Gasteiger partial charge in [-0.05, 0) is 12.0 Å². The smallest absolute Gasteiger partial charge is 0.0916 e. The van der Waals surface area contributed by atoms with Crippen LogP contribution in [0.1, 0.15) is 12.0 Å². The molecule has 0 amide bonds. The summed E-state index contributed by atoms with van der Waals surface area (Å²) in [5, 5.41) is 0. The van der Waals surface area contributed by atoms with Gasteiger partial charge in [0.15, 0.2) is 0 Å². The van der Waals surface area contributed by atoms with Crippen LogP contribution in [0.4, 0.5) is 4.39 Å². The number of halogens is 1. The molecule has 0 fully saturated rings. The standard InChI is InChI=1S/C12H15FO/c13-9-5-11-14-10-4-8-12-6-2-1-3-7-12/h1-4,6-8H,5,9-11H2/b8-4+. The maximum absolute atomic E-state index is 11.7. The highest BCUT2D eigenvalue weighted by Gasteiger charge is 1.85. The summed E-state index contributed by atoms with van der Waals surface area (Å²) in [5.74, 6) is 0. The second-order valence-electron chi connectivity index (χ2n) is 2.93. The van der Waals surface area contributed by atoms with Crippen LogP contribution in [0.15, 0.2) is 36.4 Å². The predicted molar refractivity (Wildman–Crippen MR) is 56.9 cm³/mol. The Morgan fingerprint density at radius 2 is 2.00 bits per heavy atom.